The second-order valence-electron chi connectivity index (χ2n) is 7.53. The number of rotatable bonds is 6. The monoisotopic (exact) mass is 487 g/mol. The van der Waals surface area contributed by atoms with Crippen LogP contribution in [-0.4, -0.2) is 36.2 Å². The molecular formula is C22H21N3O4S3. The molecule has 3 aromatic heterocycles. The first-order valence-electron chi connectivity index (χ1n) is 10.3. The normalized spacial score (nSPS) is 17.6. The summed E-state index contributed by atoms with van der Waals surface area (Å²) in [6.45, 7) is 0.514. The molecule has 7 nitrogen and oxygen atoms in total. The Balaban J connectivity index is 1.53. The van der Waals surface area contributed by atoms with E-state index in [2.05, 4.69) is 4.98 Å². The molecule has 0 bridgehead atoms. The lowest BCUT2D eigenvalue weighted by Crippen LogP contribution is -2.52. The van der Waals surface area contributed by atoms with Crippen molar-refractivity contribution in [2.45, 2.75) is 36.1 Å². The molecule has 1 atom stereocenters. The van der Waals surface area contributed by atoms with Crippen LogP contribution in [0.4, 0.5) is 5.13 Å². The van der Waals surface area contributed by atoms with Crippen molar-refractivity contribution >= 4 is 54.0 Å². The number of carbonyl (C=O) groups excluding carboxylic acids is 1. The fraction of sp³-hybridized carbons (Fsp3) is 0.273. The SMILES string of the molecule is O=C(C1CCCCN1S(=O)(=O)c1cccs1)N(Cc1ccco1)c1nc2ccccc2s1. The van der Waals surface area contributed by atoms with Gasteiger partial charge in [0.2, 0.25) is 5.91 Å². The Bertz CT molecular complexity index is 1280. The van der Waals surface area contributed by atoms with Gasteiger partial charge in [-0.1, -0.05) is 36.0 Å². The molecule has 32 heavy (non-hydrogen) atoms. The number of carbonyl (C=O) groups is 1. The highest BCUT2D eigenvalue weighted by molar-refractivity contribution is 7.91. The van der Waals surface area contributed by atoms with Crippen molar-refractivity contribution < 1.29 is 17.6 Å². The third kappa shape index (κ3) is 3.99. The van der Waals surface area contributed by atoms with E-state index in [0.29, 0.717) is 23.9 Å². The number of thiazole rings is 1. The molecule has 0 radical (unpaired) electrons. The van der Waals surface area contributed by atoms with E-state index < -0.39 is 16.1 Å². The number of amides is 1. The maximum Gasteiger partial charge on any atom is 0.253 e. The number of furan rings is 1. The van der Waals surface area contributed by atoms with Gasteiger partial charge in [-0.15, -0.1) is 11.3 Å². The van der Waals surface area contributed by atoms with Crippen LogP contribution < -0.4 is 4.90 Å². The molecular weight excluding hydrogens is 466 g/mol. The van der Waals surface area contributed by atoms with E-state index in [1.165, 1.54) is 27.0 Å². The highest BCUT2D eigenvalue weighted by atomic mass is 32.2. The van der Waals surface area contributed by atoms with Gasteiger partial charge in [0, 0.05) is 6.54 Å². The standard InChI is InChI=1S/C22H21N3O4S3/c26-21(18-9-3-4-12-25(18)32(27,28)20-11-6-14-30-20)24(15-16-7-5-13-29-16)22-23-17-8-1-2-10-19(17)31-22/h1-2,5-8,10-11,13-14,18H,3-4,9,12,15H2. The number of hydrogen-bond acceptors (Lipinski definition) is 7. The number of piperidine rings is 1. The van der Waals surface area contributed by atoms with Gasteiger partial charge in [-0.2, -0.15) is 4.31 Å². The zero-order valence-electron chi connectivity index (χ0n) is 17.1. The maximum absolute atomic E-state index is 13.9. The molecule has 166 valence electrons. The Hall–Kier alpha value is -2.53. The topological polar surface area (TPSA) is 83.7 Å². The summed E-state index contributed by atoms with van der Waals surface area (Å²) in [5, 5.41) is 2.27. The number of nitrogens with zero attached hydrogens (tertiary/aromatic N) is 3. The van der Waals surface area contributed by atoms with E-state index >= 15 is 0 Å². The first-order valence-corrected chi connectivity index (χ1v) is 13.4. The number of hydrogen-bond donors (Lipinski definition) is 0. The van der Waals surface area contributed by atoms with Gasteiger partial charge in [0.05, 0.1) is 23.0 Å². The third-order valence-electron chi connectivity index (χ3n) is 5.47. The van der Waals surface area contributed by atoms with Gasteiger partial charge < -0.3 is 4.42 Å². The second kappa shape index (κ2) is 8.78. The minimum Gasteiger partial charge on any atom is -0.467 e. The minimum atomic E-state index is -3.75. The van der Waals surface area contributed by atoms with Crippen LogP contribution in [-0.2, 0) is 21.4 Å². The van der Waals surface area contributed by atoms with Crippen molar-refractivity contribution in [3.05, 3.63) is 65.9 Å². The molecule has 1 unspecified atom stereocenters. The van der Waals surface area contributed by atoms with E-state index in [-0.39, 0.29) is 16.7 Å². The number of thiophene rings is 1. The van der Waals surface area contributed by atoms with Crippen LogP contribution in [0.3, 0.4) is 0 Å². The zero-order valence-corrected chi connectivity index (χ0v) is 19.5. The van der Waals surface area contributed by atoms with Crippen molar-refractivity contribution in [2.24, 2.45) is 0 Å². The van der Waals surface area contributed by atoms with Gasteiger partial charge >= 0.3 is 0 Å². The first kappa shape index (κ1) is 21.3. The Morgan fingerprint density at radius 3 is 2.78 bits per heavy atom. The number of aromatic nitrogens is 1. The van der Waals surface area contributed by atoms with Crippen molar-refractivity contribution in [3.63, 3.8) is 0 Å². The van der Waals surface area contributed by atoms with Crippen LogP contribution in [0.25, 0.3) is 10.2 Å². The molecule has 4 aromatic rings. The van der Waals surface area contributed by atoms with Crippen LogP contribution in [0.1, 0.15) is 25.0 Å². The van der Waals surface area contributed by atoms with Gasteiger partial charge in [0.1, 0.15) is 16.0 Å². The van der Waals surface area contributed by atoms with Crippen molar-refractivity contribution in [3.8, 4) is 0 Å². The van der Waals surface area contributed by atoms with Gasteiger partial charge in [-0.25, -0.2) is 13.4 Å². The summed E-state index contributed by atoms with van der Waals surface area (Å²) in [4.78, 5) is 20.1. The first-order chi connectivity index (χ1) is 15.5. The average Bonchev–Trinajstić information content (AvgIpc) is 3.58. The van der Waals surface area contributed by atoms with Crippen LogP contribution in [0, 0.1) is 0 Å². The summed E-state index contributed by atoms with van der Waals surface area (Å²) >= 11 is 2.58. The third-order valence-corrected chi connectivity index (χ3v) is 9.81. The molecule has 0 aliphatic carbocycles. The average molecular weight is 488 g/mol. The van der Waals surface area contributed by atoms with Crippen LogP contribution in [0.2, 0.25) is 0 Å². The largest absolute Gasteiger partial charge is 0.467 e. The summed E-state index contributed by atoms with van der Waals surface area (Å²) in [6.07, 6.45) is 3.56. The fourth-order valence-corrected chi connectivity index (χ4v) is 7.66. The summed E-state index contributed by atoms with van der Waals surface area (Å²) in [7, 11) is -3.75. The number of benzene rings is 1. The smallest absolute Gasteiger partial charge is 0.253 e. The predicted octanol–water partition coefficient (Wildman–Crippen LogP) is 4.73. The van der Waals surface area contributed by atoms with Crippen LogP contribution >= 0.6 is 22.7 Å². The fourth-order valence-electron chi connectivity index (χ4n) is 3.92. The lowest BCUT2D eigenvalue weighted by atomic mass is 10.0. The Morgan fingerprint density at radius 2 is 2.03 bits per heavy atom. The van der Waals surface area contributed by atoms with Crippen molar-refractivity contribution in [1.82, 2.24) is 9.29 Å². The molecule has 0 spiro atoms. The second-order valence-corrected chi connectivity index (χ2v) is 11.6. The van der Waals surface area contributed by atoms with Gasteiger partial charge in [-0.05, 0) is 48.6 Å². The summed E-state index contributed by atoms with van der Waals surface area (Å²) in [6, 6.07) is 13.8. The van der Waals surface area contributed by atoms with E-state index in [4.69, 9.17) is 4.42 Å². The van der Waals surface area contributed by atoms with E-state index in [1.54, 1.807) is 40.8 Å². The number of fused-ring (bicyclic) bond motifs is 1. The molecule has 10 heteroatoms. The lowest BCUT2D eigenvalue weighted by molar-refractivity contribution is -0.123. The summed E-state index contributed by atoms with van der Waals surface area (Å²) in [5.41, 5.74) is 0.802. The summed E-state index contributed by atoms with van der Waals surface area (Å²) in [5.74, 6) is 0.335. The minimum absolute atomic E-state index is 0.190. The van der Waals surface area contributed by atoms with E-state index in [9.17, 15) is 13.2 Å². The van der Waals surface area contributed by atoms with Crippen molar-refractivity contribution in [1.29, 1.82) is 0 Å². The molecule has 1 aliphatic rings. The number of anilines is 1. The molecule has 1 aromatic carbocycles. The Labute approximate surface area is 194 Å². The molecule has 5 rings (SSSR count). The van der Waals surface area contributed by atoms with Crippen molar-refractivity contribution in [2.75, 3.05) is 11.4 Å². The zero-order chi connectivity index (χ0) is 22.1. The molecule has 0 N–H and O–H groups in total. The highest BCUT2D eigenvalue weighted by Crippen LogP contribution is 2.33. The lowest BCUT2D eigenvalue weighted by Gasteiger charge is -2.35. The Kier molecular flexibility index (Phi) is 5.85. The molecule has 1 amide bonds. The molecule has 1 saturated heterocycles. The van der Waals surface area contributed by atoms with Gasteiger partial charge in [-0.3, -0.25) is 9.69 Å². The Morgan fingerprint density at radius 1 is 1.16 bits per heavy atom. The van der Waals surface area contributed by atoms with E-state index in [0.717, 1.165) is 23.1 Å². The number of para-hydroxylation sites is 1. The highest BCUT2D eigenvalue weighted by Gasteiger charge is 2.41. The van der Waals surface area contributed by atoms with Crippen LogP contribution in [0.5, 0.6) is 0 Å². The predicted molar refractivity (Wildman–Crippen MR) is 125 cm³/mol. The molecule has 1 fully saturated rings. The summed E-state index contributed by atoms with van der Waals surface area (Å²) < 4.78 is 34.7. The van der Waals surface area contributed by atoms with Gasteiger partial charge in [0.15, 0.2) is 5.13 Å². The molecule has 4 heterocycles. The van der Waals surface area contributed by atoms with E-state index in [1.807, 2.05) is 24.3 Å². The maximum atomic E-state index is 13.9. The quantitative estimate of drug-likeness (QED) is 0.393. The number of sulfonamides is 1. The molecule has 0 saturated carbocycles. The molecule has 1 aliphatic heterocycles. The van der Waals surface area contributed by atoms with Crippen LogP contribution in [0.15, 0.2) is 68.8 Å². The van der Waals surface area contributed by atoms with Gasteiger partial charge in [0.25, 0.3) is 10.0 Å².